The lowest BCUT2D eigenvalue weighted by atomic mass is 10.1. The van der Waals surface area contributed by atoms with Crippen molar-refractivity contribution in [2.75, 3.05) is 20.2 Å². The summed E-state index contributed by atoms with van der Waals surface area (Å²) in [5.74, 6) is -0.679. The normalized spacial score (nSPS) is 27.8. The summed E-state index contributed by atoms with van der Waals surface area (Å²) < 4.78 is 10.1. The zero-order valence-electron chi connectivity index (χ0n) is 14.8. The Bertz CT molecular complexity index is 502. The average Bonchev–Trinajstić information content (AvgIpc) is 2.88. The van der Waals surface area contributed by atoms with E-state index in [-0.39, 0.29) is 11.9 Å². The molecule has 0 aromatic rings. The molecule has 2 amide bonds. The van der Waals surface area contributed by atoms with E-state index in [1.807, 2.05) is 0 Å². The maximum Gasteiger partial charge on any atom is 0.408 e. The number of nitrogens with zero attached hydrogens (tertiary/aromatic N) is 1. The van der Waals surface area contributed by atoms with Gasteiger partial charge < -0.3 is 25.0 Å². The summed E-state index contributed by atoms with van der Waals surface area (Å²) in [6, 6.07) is -1.36. The number of fused-ring (bicyclic) bond motifs is 1. The molecule has 8 nitrogen and oxygen atoms in total. The van der Waals surface area contributed by atoms with Crippen LogP contribution in [0.15, 0.2) is 0 Å². The molecule has 2 rings (SSSR count). The molecule has 2 fully saturated rings. The Kier molecular flexibility index (Phi) is 5.69. The van der Waals surface area contributed by atoms with Crippen molar-refractivity contribution < 1.29 is 23.9 Å². The van der Waals surface area contributed by atoms with Crippen LogP contribution in [0, 0.1) is 0 Å². The van der Waals surface area contributed by atoms with Gasteiger partial charge in [0.25, 0.3) is 0 Å². The van der Waals surface area contributed by atoms with Crippen LogP contribution in [0.4, 0.5) is 4.79 Å². The molecule has 8 heteroatoms. The lowest BCUT2D eigenvalue weighted by Gasteiger charge is -2.35. The predicted molar refractivity (Wildman–Crippen MR) is 86.3 cm³/mol. The first-order valence-electron chi connectivity index (χ1n) is 8.33. The molecular weight excluding hydrogens is 314 g/mol. The van der Waals surface area contributed by atoms with Crippen LogP contribution in [0.5, 0.6) is 0 Å². The highest BCUT2D eigenvalue weighted by molar-refractivity contribution is 5.90. The van der Waals surface area contributed by atoms with Gasteiger partial charge in [-0.2, -0.15) is 0 Å². The molecule has 2 saturated heterocycles. The van der Waals surface area contributed by atoms with Crippen molar-refractivity contribution in [3.63, 3.8) is 0 Å². The van der Waals surface area contributed by atoms with Gasteiger partial charge in [-0.1, -0.05) is 0 Å². The number of carbonyl (C=O) groups is 3. The summed E-state index contributed by atoms with van der Waals surface area (Å²) >= 11 is 0. The van der Waals surface area contributed by atoms with Crippen molar-refractivity contribution in [1.29, 1.82) is 0 Å². The zero-order chi connectivity index (χ0) is 17.9. The molecule has 0 aliphatic carbocycles. The van der Waals surface area contributed by atoms with Gasteiger partial charge in [0.1, 0.15) is 17.7 Å². The van der Waals surface area contributed by atoms with Gasteiger partial charge in [-0.05, 0) is 46.6 Å². The molecule has 2 aliphatic rings. The monoisotopic (exact) mass is 341 g/mol. The molecule has 2 aliphatic heterocycles. The Morgan fingerprint density at radius 1 is 1.25 bits per heavy atom. The predicted octanol–water partition coefficient (Wildman–Crippen LogP) is 0.406. The van der Waals surface area contributed by atoms with Gasteiger partial charge in [0.2, 0.25) is 5.91 Å². The van der Waals surface area contributed by atoms with E-state index in [4.69, 9.17) is 9.47 Å². The van der Waals surface area contributed by atoms with Crippen molar-refractivity contribution in [3.8, 4) is 0 Å². The maximum atomic E-state index is 12.9. The van der Waals surface area contributed by atoms with Crippen LogP contribution in [-0.4, -0.2) is 66.8 Å². The van der Waals surface area contributed by atoms with E-state index >= 15 is 0 Å². The van der Waals surface area contributed by atoms with Crippen LogP contribution >= 0.6 is 0 Å². The van der Waals surface area contributed by atoms with Crippen molar-refractivity contribution in [1.82, 2.24) is 15.5 Å². The third-order valence-electron chi connectivity index (χ3n) is 4.22. The molecule has 0 unspecified atom stereocenters. The lowest BCUT2D eigenvalue weighted by Crippen LogP contribution is -2.59. The van der Waals surface area contributed by atoms with E-state index in [1.54, 1.807) is 25.7 Å². The topological polar surface area (TPSA) is 97.0 Å². The van der Waals surface area contributed by atoms with Gasteiger partial charge in [0, 0.05) is 12.6 Å². The summed E-state index contributed by atoms with van der Waals surface area (Å²) in [5.41, 5.74) is -0.646. The van der Waals surface area contributed by atoms with Gasteiger partial charge in [-0.25, -0.2) is 9.59 Å². The van der Waals surface area contributed by atoms with Crippen LogP contribution < -0.4 is 10.6 Å². The highest BCUT2D eigenvalue weighted by Gasteiger charge is 2.44. The molecule has 0 saturated carbocycles. The van der Waals surface area contributed by atoms with Crippen molar-refractivity contribution in [3.05, 3.63) is 0 Å². The Hall–Kier alpha value is -1.83. The van der Waals surface area contributed by atoms with Gasteiger partial charge >= 0.3 is 12.1 Å². The fourth-order valence-electron chi connectivity index (χ4n) is 3.21. The molecule has 2 N–H and O–H groups in total. The molecule has 0 spiro atoms. The first-order chi connectivity index (χ1) is 11.2. The smallest absolute Gasteiger partial charge is 0.408 e. The fraction of sp³-hybridized carbons (Fsp3) is 0.812. The first-order valence-corrected chi connectivity index (χ1v) is 8.33. The second-order valence-corrected chi connectivity index (χ2v) is 7.21. The molecule has 3 atom stereocenters. The molecule has 2 heterocycles. The molecule has 24 heavy (non-hydrogen) atoms. The van der Waals surface area contributed by atoms with E-state index in [2.05, 4.69) is 10.6 Å². The second-order valence-electron chi connectivity index (χ2n) is 7.21. The molecular formula is C16H27N3O5. The van der Waals surface area contributed by atoms with Crippen molar-refractivity contribution in [2.45, 2.75) is 63.8 Å². The SMILES string of the molecule is COC(=O)[C@H]1CC[C@H]2CCNC[C@@H](NC(=O)OC(C)(C)C)C(=O)N21. The molecule has 136 valence electrons. The summed E-state index contributed by atoms with van der Waals surface area (Å²) in [5, 5.41) is 5.79. The second kappa shape index (κ2) is 7.38. The minimum absolute atomic E-state index is 0.0164. The van der Waals surface area contributed by atoms with E-state index in [1.165, 1.54) is 7.11 Å². The van der Waals surface area contributed by atoms with Crippen LogP contribution in [0.25, 0.3) is 0 Å². The third kappa shape index (κ3) is 4.37. The number of carbonyl (C=O) groups excluding carboxylic acids is 3. The quantitative estimate of drug-likeness (QED) is 0.706. The van der Waals surface area contributed by atoms with Gasteiger partial charge in [0.05, 0.1) is 7.11 Å². The van der Waals surface area contributed by atoms with E-state index < -0.39 is 29.7 Å². The number of rotatable bonds is 2. The van der Waals surface area contributed by atoms with Gasteiger partial charge in [-0.3, -0.25) is 4.79 Å². The maximum absolute atomic E-state index is 12.9. The minimum atomic E-state index is -0.770. The molecule has 0 aromatic heterocycles. The van der Waals surface area contributed by atoms with Crippen LogP contribution in [-0.2, 0) is 19.1 Å². The number of nitrogens with one attached hydrogen (secondary N) is 2. The van der Waals surface area contributed by atoms with E-state index in [9.17, 15) is 14.4 Å². The Balaban J connectivity index is 2.12. The Morgan fingerprint density at radius 2 is 1.96 bits per heavy atom. The number of alkyl carbamates (subject to hydrolysis) is 1. The molecule has 0 aromatic carbocycles. The third-order valence-corrected chi connectivity index (χ3v) is 4.22. The largest absolute Gasteiger partial charge is 0.467 e. The summed E-state index contributed by atoms with van der Waals surface area (Å²) in [6.07, 6.45) is 1.47. The average molecular weight is 341 g/mol. The van der Waals surface area contributed by atoms with Crippen molar-refractivity contribution >= 4 is 18.0 Å². The summed E-state index contributed by atoms with van der Waals surface area (Å²) in [6.45, 7) is 6.29. The number of hydrogen-bond acceptors (Lipinski definition) is 6. The van der Waals surface area contributed by atoms with Crippen LogP contribution in [0.3, 0.4) is 0 Å². The number of hydrogen-bond donors (Lipinski definition) is 2. The number of amides is 2. The lowest BCUT2D eigenvalue weighted by molar-refractivity contribution is -0.153. The van der Waals surface area contributed by atoms with E-state index in [0.717, 1.165) is 19.4 Å². The van der Waals surface area contributed by atoms with Crippen LogP contribution in [0.1, 0.15) is 40.0 Å². The minimum Gasteiger partial charge on any atom is -0.467 e. The Morgan fingerprint density at radius 3 is 2.58 bits per heavy atom. The zero-order valence-corrected chi connectivity index (χ0v) is 14.8. The summed E-state index contributed by atoms with van der Waals surface area (Å²) in [4.78, 5) is 38.5. The highest BCUT2D eigenvalue weighted by atomic mass is 16.6. The highest BCUT2D eigenvalue weighted by Crippen LogP contribution is 2.28. The number of ether oxygens (including phenoxy) is 2. The summed E-state index contributed by atoms with van der Waals surface area (Å²) in [7, 11) is 1.32. The molecule has 0 bridgehead atoms. The van der Waals surface area contributed by atoms with Gasteiger partial charge in [0.15, 0.2) is 0 Å². The number of esters is 1. The van der Waals surface area contributed by atoms with Crippen molar-refractivity contribution in [2.24, 2.45) is 0 Å². The van der Waals surface area contributed by atoms with Crippen LogP contribution in [0.2, 0.25) is 0 Å². The molecule has 0 radical (unpaired) electrons. The first kappa shape index (κ1) is 18.5. The standard InChI is InChI=1S/C16H27N3O5/c1-16(2,3)24-15(22)18-11-9-17-8-7-10-5-6-12(14(21)23-4)19(10)13(11)20/h10-12,17H,5-9H2,1-4H3,(H,18,22)/t10-,11+,12+/m0/s1. The van der Waals surface area contributed by atoms with E-state index in [0.29, 0.717) is 13.0 Å². The van der Waals surface area contributed by atoms with Gasteiger partial charge in [-0.15, -0.1) is 0 Å². The fourth-order valence-corrected chi connectivity index (χ4v) is 3.21. The number of methoxy groups -OCH3 is 1. The Labute approximate surface area is 142 Å².